The van der Waals surface area contributed by atoms with Gasteiger partial charge in [-0.1, -0.05) is 6.07 Å². The van der Waals surface area contributed by atoms with E-state index in [1.165, 1.54) is 28.0 Å². The Morgan fingerprint density at radius 1 is 1.03 bits per heavy atom. The summed E-state index contributed by atoms with van der Waals surface area (Å²) in [6, 6.07) is 7.00. The molecule has 10 heteroatoms. The summed E-state index contributed by atoms with van der Waals surface area (Å²) < 4.78 is 39.3. The van der Waals surface area contributed by atoms with E-state index in [0.29, 0.717) is 27.8 Å². The van der Waals surface area contributed by atoms with Gasteiger partial charge in [-0.3, -0.25) is 24.5 Å². The van der Waals surface area contributed by atoms with Crippen LogP contribution >= 0.6 is 0 Å². The zero-order valence-electron chi connectivity index (χ0n) is 18.1. The Bertz CT molecular complexity index is 1260. The van der Waals surface area contributed by atoms with E-state index in [2.05, 4.69) is 5.32 Å². The number of piperidine rings is 1. The molecule has 0 saturated carbocycles. The average Bonchev–Trinajstić information content (AvgIpc) is 3.29. The van der Waals surface area contributed by atoms with Gasteiger partial charge in [0.2, 0.25) is 11.8 Å². The number of benzene rings is 2. The molecule has 1 fully saturated rings. The lowest BCUT2D eigenvalue weighted by molar-refractivity contribution is -0.138. The maximum absolute atomic E-state index is 13.3. The van der Waals surface area contributed by atoms with Gasteiger partial charge in [-0.25, -0.2) is 0 Å². The van der Waals surface area contributed by atoms with Gasteiger partial charge in [0.15, 0.2) is 0 Å². The molecule has 0 radical (unpaired) electrons. The Labute approximate surface area is 192 Å². The molecule has 0 aliphatic carbocycles. The number of nitrogens with one attached hydrogen (secondary N) is 1. The van der Waals surface area contributed by atoms with Gasteiger partial charge in [-0.15, -0.1) is 0 Å². The highest BCUT2D eigenvalue weighted by Gasteiger charge is 2.40. The number of rotatable bonds is 2. The Balaban J connectivity index is 1.37. The van der Waals surface area contributed by atoms with Gasteiger partial charge >= 0.3 is 6.18 Å². The van der Waals surface area contributed by atoms with Gasteiger partial charge in [0.05, 0.1) is 11.6 Å². The van der Waals surface area contributed by atoms with E-state index >= 15 is 0 Å². The van der Waals surface area contributed by atoms with Crippen LogP contribution in [0, 0.1) is 0 Å². The molecule has 3 aliphatic heterocycles. The highest BCUT2D eigenvalue weighted by Crippen LogP contribution is 2.39. The molecule has 0 bridgehead atoms. The third kappa shape index (κ3) is 3.53. The highest BCUT2D eigenvalue weighted by molar-refractivity contribution is 6.06. The van der Waals surface area contributed by atoms with Crippen LogP contribution in [0.1, 0.15) is 68.8 Å². The van der Waals surface area contributed by atoms with Crippen molar-refractivity contribution in [1.82, 2.24) is 15.1 Å². The molecule has 1 saturated heterocycles. The number of alkyl halides is 3. The van der Waals surface area contributed by atoms with Crippen LogP contribution in [0.3, 0.4) is 0 Å². The fraction of sp³-hybridized carbons (Fsp3) is 0.333. The van der Waals surface area contributed by atoms with Crippen LogP contribution < -0.4 is 5.32 Å². The molecule has 0 spiro atoms. The van der Waals surface area contributed by atoms with Crippen LogP contribution in [0.4, 0.5) is 13.2 Å². The average molecular weight is 471 g/mol. The molecule has 0 aromatic heterocycles. The monoisotopic (exact) mass is 471 g/mol. The number of amides is 4. The van der Waals surface area contributed by atoms with Crippen molar-refractivity contribution >= 4 is 23.6 Å². The molecule has 3 heterocycles. The first-order valence-electron chi connectivity index (χ1n) is 10.8. The quantitative estimate of drug-likeness (QED) is 0.682. The van der Waals surface area contributed by atoms with Crippen molar-refractivity contribution in [2.45, 2.75) is 51.1 Å². The van der Waals surface area contributed by atoms with Crippen molar-refractivity contribution in [3.05, 3.63) is 69.8 Å². The van der Waals surface area contributed by atoms with Crippen molar-refractivity contribution in [3.8, 4) is 0 Å². The molecule has 34 heavy (non-hydrogen) atoms. The molecule has 3 aliphatic rings. The van der Waals surface area contributed by atoms with Crippen molar-refractivity contribution < 1.29 is 32.3 Å². The smallest absolute Gasteiger partial charge is 0.328 e. The van der Waals surface area contributed by atoms with E-state index in [1.807, 2.05) is 0 Å². The lowest BCUT2D eigenvalue weighted by Gasteiger charge is -2.29. The van der Waals surface area contributed by atoms with Crippen molar-refractivity contribution in [1.29, 1.82) is 0 Å². The van der Waals surface area contributed by atoms with Gasteiger partial charge in [-0.05, 0) is 60.4 Å². The van der Waals surface area contributed by atoms with Crippen molar-refractivity contribution in [2.24, 2.45) is 0 Å². The topological polar surface area (TPSA) is 86.8 Å². The van der Waals surface area contributed by atoms with Gasteiger partial charge in [0.25, 0.3) is 11.8 Å². The zero-order chi connectivity index (χ0) is 24.4. The summed E-state index contributed by atoms with van der Waals surface area (Å²) in [5.74, 6) is -1.59. The maximum Gasteiger partial charge on any atom is 0.416 e. The molecule has 1 unspecified atom stereocenters. The molecule has 4 amide bonds. The Kier molecular flexibility index (Phi) is 5.00. The number of fused-ring (bicyclic) bond motifs is 2. The molecule has 176 valence electrons. The fourth-order valence-electron chi connectivity index (χ4n) is 4.94. The van der Waals surface area contributed by atoms with E-state index in [-0.39, 0.29) is 43.7 Å². The standard InChI is InChI=1S/C24H20F3N3O4/c1-12-17-5-3-16(24(25,26)27)9-15(17)10-29(12)22(33)13-2-4-18-14(8-13)11-30(23(18)34)19-6-7-20(31)28-21(19)32/h2-5,8-9,12,19H,6-7,10-11H2,1H3,(H,28,31,32)/t12-,19?/m0/s1. The second-order valence-electron chi connectivity index (χ2n) is 8.79. The normalized spacial score (nSPS) is 22.1. The highest BCUT2D eigenvalue weighted by atomic mass is 19.4. The van der Waals surface area contributed by atoms with E-state index in [9.17, 15) is 32.3 Å². The lowest BCUT2D eigenvalue weighted by atomic mass is 10.0. The SMILES string of the molecule is C[C@H]1c2ccc(C(F)(F)F)cc2CN1C(=O)c1ccc2c(c1)CN(C1CCC(=O)NC1=O)C2=O. The summed E-state index contributed by atoms with van der Waals surface area (Å²) in [4.78, 5) is 52.6. The third-order valence-corrected chi connectivity index (χ3v) is 6.76. The molecule has 2 aromatic carbocycles. The maximum atomic E-state index is 13.3. The minimum absolute atomic E-state index is 0.0532. The number of carbonyl (C=O) groups excluding carboxylic acids is 4. The van der Waals surface area contributed by atoms with Crippen LogP contribution in [0.15, 0.2) is 36.4 Å². The molecule has 2 aromatic rings. The summed E-state index contributed by atoms with van der Waals surface area (Å²) in [6.07, 6.45) is -4.08. The first-order valence-corrected chi connectivity index (χ1v) is 10.8. The zero-order valence-corrected chi connectivity index (χ0v) is 18.1. The van der Waals surface area contributed by atoms with E-state index < -0.39 is 29.7 Å². The summed E-state index contributed by atoms with van der Waals surface area (Å²) in [5, 5.41) is 2.24. The summed E-state index contributed by atoms with van der Waals surface area (Å²) in [5.41, 5.74) is 1.65. The summed E-state index contributed by atoms with van der Waals surface area (Å²) in [6.45, 7) is 1.95. The largest absolute Gasteiger partial charge is 0.416 e. The van der Waals surface area contributed by atoms with Gasteiger partial charge < -0.3 is 9.80 Å². The molecule has 2 atom stereocenters. The van der Waals surface area contributed by atoms with Crippen LogP contribution in [0.25, 0.3) is 0 Å². The number of hydrogen-bond donors (Lipinski definition) is 1. The van der Waals surface area contributed by atoms with Crippen LogP contribution in [0.2, 0.25) is 0 Å². The van der Waals surface area contributed by atoms with Gasteiger partial charge in [0, 0.05) is 30.6 Å². The summed E-state index contributed by atoms with van der Waals surface area (Å²) in [7, 11) is 0. The lowest BCUT2D eigenvalue weighted by Crippen LogP contribution is -2.52. The van der Waals surface area contributed by atoms with Crippen LogP contribution in [-0.4, -0.2) is 39.5 Å². The van der Waals surface area contributed by atoms with Gasteiger partial charge in [0.1, 0.15) is 6.04 Å². The minimum Gasteiger partial charge on any atom is -0.328 e. The number of carbonyl (C=O) groups is 4. The molecular weight excluding hydrogens is 451 g/mol. The second-order valence-corrected chi connectivity index (χ2v) is 8.79. The van der Waals surface area contributed by atoms with Gasteiger partial charge in [-0.2, -0.15) is 13.2 Å². The van der Waals surface area contributed by atoms with Crippen LogP contribution in [-0.2, 0) is 28.9 Å². The number of hydrogen-bond acceptors (Lipinski definition) is 4. The second kappa shape index (κ2) is 7.68. The molecule has 5 rings (SSSR count). The number of imide groups is 1. The summed E-state index contributed by atoms with van der Waals surface area (Å²) >= 11 is 0. The van der Waals surface area contributed by atoms with Crippen LogP contribution in [0.5, 0.6) is 0 Å². The van der Waals surface area contributed by atoms with E-state index in [4.69, 9.17) is 0 Å². The Morgan fingerprint density at radius 2 is 1.79 bits per heavy atom. The Hall–Kier alpha value is -3.69. The van der Waals surface area contributed by atoms with E-state index in [0.717, 1.165) is 12.1 Å². The predicted molar refractivity (Wildman–Crippen MR) is 112 cm³/mol. The first-order chi connectivity index (χ1) is 16.0. The number of nitrogens with zero attached hydrogens (tertiary/aromatic N) is 2. The molecule has 7 nitrogen and oxygen atoms in total. The predicted octanol–water partition coefficient (Wildman–Crippen LogP) is 3.18. The van der Waals surface area contributed by atoms with E-state index in [1.54, 1.807) is 13.0 Å². The van der Waals surface area contributed by atoms with Crippen molar-refractivity contribution in [3.63, 3.8) is 0 Å². The molecular formula is C24H20F3N3O4. The molecule has 1 N–H and O–H groups in total. The Morgan fingerprint density at radius 3 is 2.50 bits per heavy atom. The number of halogens is 3. The minimum atomic E-state index is -4.46. The third-order valence-electron chi connectivity index (χ3n) is 6.76. The first kappa shape index (κ1) is 22.1. The van der Waals surface area contributed by atoms with Crippen molar-refractivity contribution in [2.75, 3.05) is 0 Å². The fourth-order valence-corrected chi connectivity index (χ4v) is 4.94.